The first kappa shape index (κ1) is 12.9. The first-order valence-corrected chi connectivity index (χ1v) is 6.39. The van der Waals surface area contributed by atoms with Crippen LogP contribution in [0.25, 0.3) is 0 Å². The van der Waals surface area contributed by atoms with Crippen molar-refractivity contribution in [1.29, 1.82) is 0 Å². The molecule has 1 aliphatic heterocycles. The molecule has 1 saturated heterocycles. The molecule has 17 heavy (non-hydrogen) atoms. The van der Waals surface area contributed by atoms with Crippen LogP contribution in [0.4, 0.5) is 5.82 Å². The highest BCUT2D eigenvalue weighted by Crippen LogP contribution is 2.28. The molecule has 1 aromatic rings. The van der Waals surface area contributed by atoms with Crippen LogP contribution in [-0.4, -0.2) is 33.8 Å². The SMILES string of the molecule is CC1(O)CCCN(c2nc(Cl)ncc2Cl)CC1. The molecule has 0 amide bonds. The molecule has 1 aromatic heterocycles. The summed E-state index contributed by atoms with van der Waals surface area (Å²) in [7, 11) is 0. The van der Waals surface area contributed by atoms with Crippen molar-refractivity contribution in [3.05, 3.63) is 16.5 Å². The van der Waals surface area contributed by atoms with Crippen LogP contribution in [0.2, 0.25) is 10.3 Å². The van der Waals surface area contributed by atoms with Gasteiger partial charge in [-0.1, -0.05) is 11.6 Å². The monoisotopic (exact) mass is 275 g/mol. The maximum absolute atomic E-state index is 10.0. The molecular weight excluding hydrogens is 261 g/mol. The van der Waals surface area contributed by atoms with Crippen LogP contribution in [0.5, 0.6) is 0 Å². The van der Waals surface area contributed by atoms with Crippen LogP contribution in [0, 0.1) is 0 Å². The zero-order valence-electron chi connectivity index (χ0n) is 9.66. The van der Waals surface area contributed by atoms with Crippen molar-refractivity contribution in [3.63, 3.8) is 0 Å². The van der Waals surface area contributed by atoms with E-state index >= 15 is 0 Å². The minimum absolute atomic E-state index is 0.195. The molecule has 2 heterocycles. The van der Waals surface area contributed by atoms with Gasteiger partial charge in [-0.15, -0.1) is 0 Å². The van der Waals surface area contributed by atoms with E-state index in [0.29, 0.717) is 17.3 Å². The first-order chi connectivity index (χ1) is 7.98. The molecule has 0 radical (unpaired) electrons. The summed E-state index contributed by atoms with van der Waals surface area (Å²) in [5.41, 5.74) is -0.599. The average Bonchev–Trinajstić information content (AvgIpc) is 2.43. The van der Waals surface area contributed by atoms with Gasteiger partial charge in [0.1, 0.15) is 5.02 Å². The summed E-state index contributed by atoms with van der Waals surface area (Å²) in [6, 6.07) is 0. The van der Waals surface area contributed by atoms with E-state index in [-0.39, 0.29) is 5.28 Å². The van der Waals surface area contributed by atoms with Gasteiger partial charge in [0.05, 0.1) is 11.8 Å². The third-order valence-electron chi connectivity index (χ3n) is 3.06. The van der Waals surface area contributed by atoms with Crippen molar-refractivity contribution >= 4 is 29.0 Å². The zero-order valence-corrected chi connectivity index (χ0v) is 11.2. The van der Waals surface area contributed by atoms with Crippen molar-refractivity contribution in [3.8, 4) is 0 Å². The summed E-state index contributed by atoms with van der Waals surface area (Å²) >= 11 is 11.8. The summed E-state index contributed by atoms with van der Waals surface area (Å²) in [5.74, 6) is 0.657. The van der Waals surface area contributed by atoms with Gasteiger partial charge in [0.25, 0.3) is 0 Å². The van der Waals surface area contributed by atoms with Crippen LogP contribution in [0.3, 0.4) is 0 Å². The van der Waals surface area contributed by atoms with Gasteiger partial charge in [0, 0.05) is 13.1 Å². The van der Waals surface area contributed by atoms with E-state index in [1.807, 2.05) is 6.92 Å². The maximum Gasteiger partial charge on any atom is 0.224 e. The number of aliphatic hydroxyl groups is 1. The summed E-state index contributed by atoms with van der Waals surface area (Å²) in [5, 5.41) is 10.7. The molecule has 1 unspecified atom stereocenters. The van der Waals surface area contributed by atoms with Gasteiger partial charge in [-0.2, -0.15) is 4.98 Å². The van der Waals surface area contributed by atoms with Gasteiger partial charge in [0.15, 0.2) is 5.82 Å². The highest BCUT2D eigenvalue weighted by Gasteiger charge is 2.26. The second-order valence-corrected chi connectivity index (χ2v) is 5.39. The van der Waals surface area contributed by atoms with Crippen LogP contribution in [-0.2, 0) is 0 Å². The molecule has 0 spiro atoms. The fourth-order valence-electron chi connectivity index (χ4n) is 2.03. The number of hydrogen-bond acceptors (Lipinski definition) is 4. The van der Waals surface area contributed by atoms with Crippen molar-refractivity contribution in [2.75, 3.05) is 18.0 Å². The highest BCUT2D eigenvalue weighted by molar-refractivity contribution is 6.33. The minimum atomic E-state index is -0.599. The molecular formula is C11H15Cl2N3O. The quantitative estimate of drug-likeness (QED) is 0.801. The second-order valence-electron chi connectivity index (χ2n) is 4.65. The summed E-state index contributed by atoms with van der Waals surface area (Å²) in [6.45, 7) is 3.41. The number of anilines is 1. The summed E-state index contributed by atoms with van der Waals surface area (Å²) < 4.78 is 0. The lowest BCUT2D eigenvalue weighted by molar-refractivity contribution is 0.0481. The van der Waals surface area contributed by atoms with E-state index in [0.717, 1.165) is 25.9 Å². The molecule has 0 saturated carbocycles. The number of hydrogen-bond donors (Lipinski definition) is 1. The van der Waals surface area contributed by atoms with Crippen LogP contribution < -0.4 is 4.90 Å². The predicted octanol–water partition coefficient (Wildman–Crippen LogP) is 2.52. The van der Waals surface area contributed by atoms with Crippen molar-refractivity contribution in [2.24, 2.45) is 0 Å². The topological polar surface area (TPSA) is 49.2 Å². The van der Waals surface area contributed by atoms with Crippen LogP contribution >= 0.6 is 23.2 Å². The second kappa shape index (κ2) is 4.96. The van der Waals surface area contributed by atoms with E-state index < -0.39 is 5.60 Å². The Morgan fingerprint density at radius 3 is 2.88 bits per heavy atom. The summed E-state index contributed by atoms with van der Waals surface area (Å²) in [6.07, 6.45) is 3.91. The molecule has 0 aliphatic carbocycles. The largest absolute Gasteiger partial charge is 0.390 e. The zero-order chi connectivity index (χ0) is 12.5. The van der Waals surface area contributed by atoms with Gasteiger partial charge < -0.3 is 10.0 Å². The van der Waals surface area contributed by atoms with Crippen molar-refractivity contribution in [1.82, 2.24) is 9.97 Å². The average molecular weight is 276 g/mol. The third kappa shape index (κ3) is 3.21. The standard InChI is InChI=1S/C11H15Cl2N3O/c1-11(17)3-2-5-16(6-4-11)9-8(12)7-14-10(13)15-9/h7,17H,2-6H2,1H3. The van der Waals surface area contributed by atoms with Crippen molar-refractivity contribution < 1.29 is 5.11 Å². The molecule has 4 nitrogen and oxygen atoms in total. The van der Waals surface area contributed by atoms with E-state index in [2.05, 4.69) is 14.9 Å². The Labute approximate surface area is 111 Å². The fraction of sp³-hybridized carbons (Fsp3) is 0.636. The van der Waals surface area contributed by atoms with Gasteiger partial charge in [0.2, 0.25) is 5.28 Å². The molecule has 0 aromatic carbocycles. The van der Waals surface area contributed by atoms with E-state index in [1.165, 1.54) is 6.20 Å². The van der Waals surface area contributed by atoms with E-state index in [4.69, 9.17) is 23.2 Å². The predicted molar refractivity (Wildman–Crippen MR) is 68.7 cm³/mol. The van der Waals surface area contributed by atoms with Gasteiger partial charge in [-0.05, 0) is 37.8 Å². The highest BCUT2D eigenvalue weighted by atomic mass is 35.5. The fourth-order valence-corrected chi connectivity index (χ4v) is 2.37. The smallest absolute Gasteiger partial charge is 0.224 e. The third-order valence-corrected chi connectivity index (χ3v) is 3.51. The molecule has 2 rings (SSSR count). The normalized spacial score (nSPS) is 25.8. The maximum atomic E-state index is 10.0. The van der Waals surface area contributed by atoms with Gasteiger partial charge >= 0.3 is 0 Å². The van der Waals surface area contributed by atoms with Crippen LogP contribution in [0.15, 0.2) is 6.20 Å². The Hall–Kier alpha value is -0.580. The number of rotatable bonds is 1. The minimum Gasteiger partial charge on any atom is -0.390 e. The Morgan fingerprint density at radius 2 is 2.12 bits per heavy atom. The lowest BCUT2D eigenvalue weighted by atomic mass is 9.98. The lowest BCUT2D eigenvalue weighted by Crippen LogP contribution is -2.29. The van der Waals surface area contributed by atoms with E-state index in [9.17, 15) is 5.11 Å². The molecule has 6 heteroatoms. The molecule has 1 fully saturated rings. The Morgan fingerprint density at radius 1 is 1.35 bits per heavy atom. The van der Waals surface area contributed by atoms with Crippen LogP contribution in [0.1, 0.15) is 26.2 Å². The Kier molecular flexibility index (Phi) is 3.76. The number of halogens is 2. The number of aromatic nitrogens is 2. The Balaban J connectivity index is 2.19. The first-order valence-electron chi connectivity index (χ1n) is 5.63. The summed E-state index contributed by atoms with van der Waals surface area (Å²) in [4.78, 5) is 10.0. The Bertz CT molecular complexity index is 412. The van der Waals surface area contributed by atoms with Crippen molar-refractivity contribution in [2.45, 2.75) is 31.8 Å². The molecule has 1 aliphatic rings. The van der Waals surface area contributed by atoms with E-state index in [1.54, 1.807) is 0 Å². The van der Waals surface area contributed by atoms with Gasteiger partial charge in [-0.25, -0.2) is 4.98 Å². The molecule has 1 N–H and O–H groups in total. The molecule has 1 atom stereocenters. The molecule has 94 valence electrons. The number of nitrogens with zero attached hydrogens (tertiary/aromatic N) is 3. The van der Waals surface area contributed by atoms with Gasteiger partial charge in [-0.3, -0.25) is 0 Å². The molecule has 0 bridgehead atoms. The lowest BCUT2D eigenvalue weighted by Gasteiger charge is -2.23.